The van der Waals surface area contributed by atoms with E-state index in [4.69, 9.17) is 4.74 Å². The molecule has 1 fully saturated rings. The minimum absolute atomic E-state index is 0.102. The molecule has 0 spiro atoms. The van der Waals surface area contributed by atoms with Crippen LogP contribution in [0.4, 0.5) is 0 Å². The fourth-order valence-corrected chi connectivity index (χ4v) is 1.86. The van der Waals surface area contributed by atoms with Crippen LogP contribution < -0.4 is 5.32 Å². The van der Waals surface area contributed by atoms with E-state index < -0.39 is 0 Å². The number of nitrogens with zero attached hydrogens (tertiary/aromatic N) is 1. The average Bonchev–Trinajstić information content (AvgIpc) is 2.43. The topological polar surface area (TPSA) is 67.9 Å². The summed E-state index contributed by atoms with van der Waals surface area (Å²) >= 11 is 0. The second kappa shape index (κ2) is 8.05. The molecule has 1 atom stereocenters. The fraction of sp³-hybridized carbons (Fsp3) is 0.833. The van der Waals surface area contributed by atoms with Gasteiger partial charge in [-0.15, -0.1) is 0 Å². The number of rotatable bonds is 6. The molecule has 0 aromatic rings. The standard InChI is InChI=1S/C12H22N2O4/c1-3-10(12(16)17-2)13-5-4-11(15)14-6-8-18-9-7-14/h10,13H,3-9H2,1-2H3. The van der Waals surface area contributed by atoms with Gasteiger partial charge in [-0.1, -0.05) is 6.92 Å². The van der Waals surface area contributed by atoms with Crippen LogP contribution in [-0.2, 0) is 19.1 Å². The summed E-state index contributed by atoms with van der Waals surface area (Å²) in [5.41, 5.74) is 0. The number of nitrogens with one attached hydrogen (secondary N) is 1. The van der Waals surface area contributed by atoms with Crippen LogP contribution in [0.25, 0.3) is 0 Å². The highest BCUT2D eigenvalue weighted by Crippen LogP contribution is 2.00. The van der Waals surface area contributed by atoms with Gasteiger partial charge in [0.25, 0.3) is 0 Å². The molecule has 0 aromatic heterocycles. The van der Waals surface area contributed by atoms with E-state index in [0.29, 0.717) is 45.7 Å². The average molecular weight is 258 g/mol. The van der Waals surface area contributed by atoms with Gasteiger partial charge in [-0.3, -0.25) is 9.59 Å². The van der Waals surface area contributed by atoms with Gasteiger partial charge < -0.3 is 19.7 Å². The Hall–Kier alpha value is -1.14. The quantitative estimate of drug-likeness (QED) is 0.667. The van der Waals surface area contributed by atoms with Crippen molar-refractivity contribution in [2.75, 3.05) is 40.0 Å². The SMILES string of the molecule is CCC(NCCC(=O)N1CCOCC1)C(=O)OC. The molecule has 6 heteroatoms. The lowest BCUT2D eigenvalue weighted by Gasteiger charge is -2.27. The van der Waals surface area contributed by atoms with Gasteiger partial charge in [0.05, 0.1) is 20.3 Å². The van der Waals surface area contributed by atoms with E-state index in [2.05, 4.69) is 10.1 Å². The van der Waals surface area contributed by atoms with Crippen LogP contribution in [0.15, 0.2) is 0 Å². The molecule has 1 amide bonds. The van der Waals surface area contributed by atoms with E-state index in [1.807, 2.05) is 6.92 Å². The molecule has 0 bridgehead atoms. The van der Waals surface area contributed by atoms with Crippen molar-refractivity contribution >= 4 is 11.9 Å². The summed E-state index contributed by atoms with van der Waals surface area (Å²) in [6.45, 7) is 4.93. The van der Waals surface area contributed by atoms with Crippen LogP contribution in [0, 0.1) is 0 Å². The molecule has 1 rings (SSSR count). The molecular weight excluding hydrogens is 236 g/mol. The number of carbonyl (C=O) groups is 2. The maximum Gasteiger partial charge on any atom is 0.322 e. The predicted molar refractivity (Wildman–Crippen MR) is 66.1 cm³/mol. The number of methoxy groups -OCH3 is 1. The lowest BCUT2D eigenvalue weighted by Crippen LogP contribution is -2.43. The molecule has 1 heterocycles. The molecule has 104 valence electrons. The van der Waals surface area contributed by atoms with Crippen LogP contribution in [0.5, 0.6) is 0 Å². The second-order valence-electron chi connectivity index (χ2n) is 4.18. The third kappa shape index (κ3) is 4.62. The lowest BCUT2D eigenvalue weighted by molar-refractivity contribution is -0.143. The minimum Gasteiger partial charge on any atom is -0.468 e. The summed E-state index contributed by atoms with van der Waals surface area (Å²) in [5, 5.41) is 3.04. The fourth-order valence-electron chi connectivity index (χ4n) is 1.86. The molecule has 0 saturated carbocycles. The highest BCUT2D eigenvalue weighted by Gasteiger charge is 2.19. The Bertz CT molecular complexity index is 277. The molecule has 6 nitrogen and oxygen atoms in total. The first-order valence-corrected chi connectivity index (χ1v) is 6.35. The van der Waals surface area contributed by atoms with Gasteiger partial charge in [0, 0.05) is 26.1 Å². The van der Waals surface area contributed by atoms with Crippen LogP contribution >= 0.6 is 0 Å². The zero-order valence-corrected chi connectivity index (χ0v) is 11.1. The van der Waals surface area contributed by atoms with E-state index in [1.165, 1.54) is 7.11 Å². The number of morpholine rings is 1. The molecular formula is C12H22N2O4. The number of carbonyl (C=O) groups excluding carboxylic acids is 2. The first-order valence-electron chi connectivity index (χ1n) is 6.35. The summed E-state index contributed by atoms with van der Waals surface area (Å²) in [7, 11) is 1.37. The minimum atomic E-state index is -0.326. The smallest absolute Gasteiger partial charge is 0.322 e. The van der Waals surface area contributed by atoms with E-state index in [-0.39, 0.29) is 17.9 Å². The maximum absolute atomic E-state index is 11.8. The molecule has 1 N–H and O–H groups in total. The third-order valence-corrected chi connectivity index (χ3v) is 2.99. The van der Waals surface area contributed by atoms with E-state index >= 15 is 0 Å². The van der Waals surface area contributed by atoms with Crippen molar-refractivity contribution in [1.82, 2.24) is 10.2 Å². The zero-order valence-electron chi connectivity index (χ0n) is 11.1. The van der Waals surface area contributed by atoms with Crippen molar-refractivity contribution in [3.63, 3.8) is 0 Å². The van der Waals surface area contributed by atoms with Gasteiger partial charge >= 0.3 is 5.97 Å². The molecule has 0 radical (unpaired) electrons. The number of esters is 1. The summed E-state index contributed by atoms with van der Waals surface area (Å²) in [5.74, 6) is -0.179. The Morgan fingerprint density at radius 2 is 2.06 bits per heavy atom. The van der Waals surface area contributed by atoms with Gasteiger partial charge in [0.2, 0.25) is 5.91 Å². The van der Waals surface area contributed by atoms with Crippen LogP contribution in [0.1, 0.15) is 19.8 Å². The van der Waals surface area contributed by atoms with Gasteiger partial charge in [-0.05, 0) is 6.42 Å². The summed E-state index contributed by atoms with van der Waals surface area (Å²) < 4.78 is 9.85. The lowest BCUT2D eigenvalue weighted by atomic mass is 10.2. The second-order valence-corrected chi connectivity index (χ2v) is 4.18. The van der Waals surface area contributed by atoms with E-state index in [1.54, 1.807) is 4.90 Å². The van der Waals surface area contributed by atoms with Gasteiger partial charge in [-0.2, -0.15) is 0 Å². The molecule has 18 heavy (non-hydrogen) atoms. The Morgan fingerprint density at radius 3 is 2.61 bits per heavy atom. The molecule has 0 aromatic carbocycles. The van der Waals surface area contributed by atoms with Gasteiger partial charge in [0.1, 0.15) is 6.04 Å². The van der Waals surface area contributed by atoms with Crippen molar-refractivity contribution in [1.29, 1.82) is 0 Å². The Morgan fingerprint density at radius 1 is 1.39 bits per heavy atom. The van der Waals surface area contributed by atoms with E-state index in [0.717, 1.165) is 0 Å². The normalized spacial score (nSPS) is 17.3. The van der Waals surface area contributed by atoms with Crippen molar-refractivity contribution in [3.8, 4) is 0 Å². The summed E-state index contributed by atoms with van der Waals surface area (Å²) in [4.78, 5) is 24.9. The molecule has 0 aliphatic carbocycles. The monoisotopic (exact) mass is 258 g/mol. The van der Waals surface area contributed by atoms with Crippen LogP contribution in [0.2, 0.25) is 0 Å². The zero-order chi connectivity index (χ0) is 13.4. The molecule has 1 unspecified atom stereocenters. The Kier molecular flexibility index (Phi) is 6.67. The largest absolute Gasteiger partial charge is 0.468 e. The molecule has 1 aliphatic rings. The highest BCUT2D eigenvalue weighted by atomic mass is 16.5. The number of amides is 1. The van der Waals surface area contributed by atoms with Crippen molar-refractivity contribution in [2.24, 2.45) is 0 Å². The Labute approximate surface area is 108 Å². The van der Waals surface area contributed by atoms with Gasteiger partial charge in [-0.25, -0.2) is 0 Å². The summed E-state index contributed by atoms with van der Waals surface area (Å²) in [6, 6.07) is -0.326. The van der Waals surface area contributed by atoms with Crippen LogP contribution in [0.3, 0.4) is 0 Å². The third-order valence-electron chi connectivity index (χ3n) is 2.99. The van der Waals surface area contributed by atoms with E-state index in [9.17, 15) is 9.59 Å². The van der Waals surface area contributed by atoms with Crippen LogP contribution in [-0.4, -0.2) is 62.8 Å². The molecule has 1 saturated heterocycles. The maximum atomic E-state index is 11.8. The first-order chi connectivity index (χ1) is 8.69. The van der Waals surface area contributed by atoms with Gasteiger partial charge in [0.15, 0.2) is 0 Å². The predicted octanol–water partition coefficient (Wildman–Crippen LogP) is -0.223. The Balaban J connectivity index is 2.23. The number of hydrogen-bond acceptors (Lipinski definition) is 5. The summed E-state index contributed by atoms with van der Waals surface area (Å²) in [6.07, 6.45) is 1.05. The highest BCUT2D eigenvalue weighted by molar-refractivity contribution is 5.77. The first kappa shape index (κ1) is 14.9. The molecule has 1 aliphatic heterocycles. The van der Waals surface area contributed by atoms with Crippen molar-refractivity contribution in [2.45, 2.75) is 25.8 Å². The van der Waals surface area contributed by atoms with Crippen molar-refractivity contribution in [3.05, 3.63) is 0 Å². The number of hydrogen-bond donors (Lipinski definition) is 1. The number of ether oxygens (including phenoxy) is 2. The van der Waals surface area contributed by atoms with Crippen molar-refractivity contribution < 1.29 is 19.1 Å².